The minimum atomic E-state index is -4.81. The van der Waals surface area contributed by atoms with Crippen molar-refractivity contribution in [1.29, 1.82) is 0 Å². The molecular weight excluding hydrogens is 928 g/mol. The predicted octanol–water partition coefficient (Wildman–Crippen LogP) is 10.5. The summed E-state index contributed by atoms with van der Waals surface area (Å²) < 4.78 is 27.2. The highest BCUT2D eigenvalue weighted by Crippen LogP contribution is 2.36. The minimum absolute atomic E-state index is 0.0208. The van der Waals surface area contributed by atoms with Crippen molar-refractivity contribution in [3.05, 3.63) is 24.3 Å². The van der Waals surface area contributed by atoms with E-state index < -0.39 is 80.5 Å². The van der Waals surface area contributed by atoms with Gasteiger partial charge in [-0.15, -0.1) is 0 Å². The van der Waals surface area contributed by atoms with Crippen LogP contribution in [0.4, 0.5) is 0 Å². The van der Waals surface area contributed by atoms with Crippen molar-refractivity contribution in [3.8, 4) is 0 Å². The average Bonchev–Trinajstić information content (AvgIpc) is 3.82. The number of rotatable bonds is 45. The molecule has 2 amide bonds. The first-order valence-corrected chi connectivity index (χ1v) is 29.3. The molecule has 0 saturated carbocycles. The quantitative estimate of drug-likeness (QED) is 0.00833. The molecule has 1 aliphatic rings. The van der Waals surface area contributed by atoms with E-state index in [9.17, 15) is 33.6 Å². The van der Waals surface area contributed by atoms with Crippen molar-refractivity contribution < 1.29 is 57.4 Å². The number of nitrogens with zero attached hydrogens (tertiary/aromatic N) is 1. The van der Waals surface area contributed by atoms with Crippen LogP contribution in [0.5, 0.6) is 0 Å². The Hall–Kier alpha value is -2.98. The van der Waals surface area contributed by atoms with E-state index in [1.807, 2.05) is 0 Å². The van der Waals surface area contributed by atoms with Gasteiger partial charge >= 0.3 is 19.8 Å². The first kappa shape index (κ1) is 66.0. The lowest BCUT2D eigenvalue weighted by atomic mass is 10.0. The number of unbranched alkanes of at least 4 members (excludes halogenated alkanes) is 22. The van der Waals surface area contributed by atoms with Crippen molar-refractivity contribution in [2.24, 2.45) is 5.92 Å². The largest absolute Gasteiger partial charge is 0.471 e. The normalized spacial score (nSPS) is 16.4. The van der Waals surface area contributed by atoms with E-state index in [4.69, 9.17) is 19.3 Å². The SMILES string of the molecule is CCCCCCCC/C=C\CCCCCCCC(=O)OC(C(=O)[C@H](C)NC(=O)[C@@H]1CCCN1C(=O)[C@@H](NNC(C)OP(=O)(O)O)C(C)C)[C@H](CO)OC(=O)CCCCCCC/C=C\CCCCCCCC. The molecule has 0 aromatic carbocycles. The van der Waals surface area contributed by atoms with Gasteiger partial charge in [0.1, 0.15) is 18.3 Å². The number of carbonyl (C=O) groups is 5. The Kier molecular flexibility index (Phi) is 38.5. The van der Waals surface area contributed by atoms with E-state index in [2.05, 4.69) is 58.8 Å². The van der Waals surface area contributed by atoms with E-state index in [-0.39, 0.29) is 25.3 Å². The van der Waals surface area contributed by atoms with Gasteiger partial charge in [0, 0.05) is 19.4 Å². The molecule has 17 heteroatoms. The van der Waals surface area contributed by atoms with E-state index in [0.717, 1.165) is 77.0 Å². The zero-order chi connectivity index (χ0) is 52.7. The molecule has 1 saturated heterocycles. The number of phosphoric acid groups is 1. The first-order chi connectivity index (χ1) is 34.1. The number of Topliss-reactive ketones (excluding diaryl/α,β-unsaturated/α-hetero) is 1. The Morgan fingerprint density at radius 1 is 0.634 bits per heavy atom. The van der Waals surface area contributed by atoms with Crippen LogP contribution in [-0.4, -0.2) is 99.0 Å². The number of carbonyl (C=O) groups excluding carboxylic acids is 5. The number of phosphoric ester groups is 1. The zero-order valence-corrected chi connectivity index (χ0v) is 45.8. The lowest BCUT2D eigenvalue weighted by Crippen LogP contribution is -2.59. The third-order valence-corrected chi connectivity index (χ3v) is 13.5. The summed E-state index contributed by atoms with van der Waals surface area (Å²) in [6.45, 7) is 10.2. The number of hydrazine groups is 1. The highest BCUT2D eigenvalue weighted by molar-refractivity contribution is 7.46. The summed E-state index contributed by atoms with van der Waals surface area (Å²) in [7, 11) is -4.81. The Labute approximate surface area is 428 Å². The van der Waals surface area contributed by atoms with Crippen LogP contribution in [0.3, 0.4) is 0 Å². The van der Waals surface area contributed by atoms with E-state index in [1.165, 1.54) is 95.8 Å². The van der Waals surface area contributed by atoms with Crippen LogP contribution >= 0.6 is 7.82 Å². The summed E-state index contributed by atoms with van der Waals surface area (Å²) >= 11 is 0. The maximum Gasteiger partial charge on any atom is 0.471 e. The highest BCUT2D eigenvalue weighted by Gasteiger charge is 2.41. The number of allylic oxidation sites excluding steroid dienone is 4. The minimum Gasteiger partial charge on any atom is -0.455 e. The van der Waals surface area contributed by atoms with Gasteiger partial charge in [-0.3, -0.25) is 28.5 Å². The molecule has 1 heterocycles. The van der Waals surface area contributed by atoms with Crippen LogP contribution in [-0.2, 0) is 42.5 Å². The van der Waals surface area contributed by atoms with Gasteiger partial charge in [0.2, 0.25) is 17.9 Å². The van der Waals surface area contributed by atoms with Crippen molar-refractivity contribution in [1.82, 2.24) is 21.1 Å². The van der Waals surface area contributed by atoms with Gasteiger partial charge in [-0.25, -0.2) is 15.4 Å². The molecule has 1 aliphatic heterocycles. The Balaban J connectivity index is 2.85. The second-order valence-electron chi connectivity index (χ2n) is 19.9. The van der Waals surface area contributed by atoms with Crippen LogP contribution < -0.4 is 16.2 Å². The molecule has 6 N–H and O–H groups in total. The van der Waals surface area contributed by atoms with Gasteiger partial charge in [0.15, 0.2) is 11.9 Å². The summed E-state index contributed by atoms with van der Waals surface area (Å²) in [6, 6.07) is -3.13. The van der Waals surface area contributed by atoms with Gasteiger partial charge in [-0.05, 0) is 96.8 Å². The molecule has 0 aromatic rings. The number of aliphatic hydroxyl groups excluding tert-OH is 1. The molecular formula is C54H99N4O12P. The third-order valence-electron chi connectivity index (χ3n) is 12.9. The fourth-order valence-electron chi connectivity index (χ4n) is 8.68. The number of nitrogens with one attached hydrogen (secondary N) is 3. The van der Waals surface area contributed by atoms with E-state index in [1.54, 1.807) is 13.8 Å². The van der Waals surface area contributed by atoms with Gasteiger partial charge in [0.05, 0.1) is 12.6 Å². The van der Waals surface area contributed by atoms with Crippen molar-refractivity contribution in [2.45, 2.75) is 271 Å². The molecule has 2 unspecified atom stereocenters. The lowest BCUT2D eigenvalue weighted by Gasteiger charge is -2.32. The number of aliphatic hydroxyl groups is 1. The van der Waals surface area contributed by atoms with Crippen LogP contribution in [0, 0.1) is 5.92 Å². The fourth-order valence-corrected chi connectivity index (χ4v) is 9.15. The fraction of sp³-hybridized carbons (Fsp3) is 0.833. The predicted molar refractivity (Wildman–Crippen MR) is 281 cm³/mol. The van der Waals surface area contributed by atoms with E-state index in [0.29, 0.717) is 25.7 Å². The Morgan fingerprint density at radius 3 is 1.51 bits per heavy atom. The Morgan fingerprint density at radius 2 is 1.07 bits per heavy atom. The Bertz CT molecular complexity index is 1560. The summed E-state index contributed by atoms with van der Waals surface area (Å²) in [6.07, 6.45) is 34.2. The van der Waals surface area contributed by atoms with Crippen LogP contribution in [0.25, 0.3) is 0 Å². The molecule has 1 rings (SSSR count). The summed E-state index contributed by atoms with van der Waals surface area (Å²) in [5, 5.41) is 13.1. The number of likely N-dealkylation sites (tertiary alicyclic amines) is 1. The van der Waals surface area contributed by atoms with Crippen molar-refractivity contribution in [3.63, 3.8) is 0 Å². The standard InChI is InChI=1S/C54H99N4O12P/c1-7-9-11-13-15-17-19-21-23-25-27-29-31-33-35-39-48(60)68-47(42-59)52(69-49(61)40-36-34-32-30-28-26-24-22-20-18-16-14-12-10-8-2)51(62)44(5)55-53(63)46-38-37-41-58(46)54(64)50(43(3)4)57-56-45(6)70-71(65,66)67/h21-24,43-47,50,52,56-57,59H,7-20,25-42H2,1-6H3,(H,55,63)(H2,65,66,67)/b23-21-,24-22-/t44-,45?,46-,47-,50-,52?/m0/s1. The summed E-state index contributed by atoms with van der Waals surface area (Å²) in [5.74, 6) is -3.47. The molecule has 0 aliphatic carbocycles. The molecule has 0 spiro atoms. The maximum atomic E-state index is 14.1. The van der Waals surface area contributed by atoms with Crippen LogP contribution in [0.2, 0.25) is 0 Å². The number of esters is 2. The summed E-state index contributed by atoms with van der Waals surface area (Å²) in [5.41, 5.74) is 5.36. The third kappa shape index (κ3) is 32.7. The summed E-state index contributed by atoms with van der Waals surface area (Å²) in [4.78, 5) is 87.8. The van der Waals surface area contributed by atoms with Gasteiger partial charge in [-0.1, -0.05) is 155 Å². The van der Waals surface area contributed by atoms with Crippen molar-refractivity contribution in [2.75, 3.05) is 13.2 Å². The maximum absolute atomic E-state index is 14.1. The molecule has 16 nitrogen and oxygen atoms in total. The number of hydrogen-bond acceptors (Lipinski definition) is 12. The zero-order valence-electron chi connectivity index (χ0n) is 44.9. The second kappa shape index (κ2) is 41.4. The van der Waals surface area contributed by atoms with Crippen LogP contribution in [0.1, 0.15) is 234 Å². The number of amides is 2. The molecule has 0 aromatic heterocycles. The monoisotopic (exact) mass is 1030 g/mol. The van der Waals surface area contributed by atoms with Crippen molar-refractivity contribution >= 4 is 37.4 Å². The second-order valence-corrected chi connectivity index (χ2v) is 21.1. The topological polar surface area (TPSA) is 230 Å². The van der Waals surface area contributed by atoms with Gasteiger partial charge in [0.25, 0.3) is 0 Å². The molecule has 412 valence electrons. The van der Waals surface area contributed by atoms with Gasteiger partial charge in [-0.2, -0.15) is 0 Å². The smallest absolute Gasteiger partial charge is 0.455 e. The number of hydrogen-bond donors (Lipinski definition) is 6. The highest BCUT2D eigenvalue weighted by atomic mass is 31.2. The molecule has 0 bridgehead atoms. The lowest BCUT2D eigenvalue weighted by molar-refractivity contribution is -0.175. The van der Waals surface area contributed by atoms with Crippen LogP contribution in [0.15, 0.2) is 24.3 Å². The molecule has 71 heavy (non-hydrogen) atoms. The molecule has 1 fully saturated rings. The van der Waals surface area contributed by atoms with E-state index >= 15 is 0 Å². The van der Waals surface area contributed by atoms with Gasteiger partial charge < -0.3 is 34.6 Å². The molecule has 6 atom stereocenters. The average molecular weight is 1030 g/mol. The number of ketones is 1. The number of ether oxygens (including phenoxy) is 2. The molecule has 0 radical (unpaired) electrons. The first-order valence-electron chi connectivity index (χ1n) is 27.7.